The lowest BCUT2D eigenvalue weighted by Gasteiger charge is -2.18. The number of aliphatic hydroxyl groups excluding tert-OH is 1. The van der Waals surface area contributed by atoms with Crippen LogP contribution in [0.25, 0.3) is 0 Å². The summed E-state index contributed by atoms with van der Waals surface area (Å²) in [4.78, 5) is 11.0. The normalized spacial score (nSPS) is 19.6. The molecule has 80 valence electrons. The van der Waals surface area contributed by atoms with Crippen LogP contribution in [0.2, 0.25) is 5.02 Å². The highest BCUT2D eigenvalue weighted by Gasteiger charge is 2.56. The van der Waals surface area contributed by atoms with Gasteiger partial charge in [-0.15, -0.1) is 0 Å². The lowest BCUT2D eigenvalue weighted by atomic mass is 9.93. The van der Waals surface area contributed by atoms with Gasteiger partial charge in [-0.1, -0.05) is 23.7 Å². The van der Waals surface area contributed by atoms with E-state index in [2.05, 4.69) is 0 Å². The second-order valence-electron chi connectivity index (χ2n) is 3.92. The Morgan fingerprint density at radius 2 is 1.87 bits per heavy atom. The minimum Gasteiger partial charge on any atom is -0.481 e. The Hall–Kier alpha value is -1.06. The first-order chi connectivity index (χ1) is 7.06. The highest BCUT2D eigenvalue weighted by Crippen LogP contribution is 2.55. The van der Waals surface area contributed by atoms with Crippen LogP contribution in [0.3, 0.4) is 0 Å². The third kappa shape index (κ3) is 1.73. The molecular formula is C11H11ClO3. The monoisotopic (exact) mass is 226 g/mol. The molecule has 0 radical (unpaired) electrons. The van der Waals surface area contributed by atoms with Gasteiger partial charge in [0.2, 0.25) is 0 Å². The van der Waals surface area contributed by atoms with E-state index in [0.717, 1.165) is 0 Å². The number of carboxylic acid groups (broad SMARTS) is 1. The van der Waals surface area contributed by atoms with E-state index in [1.54, 1.807) is 24.3 Å². The Kier molecular flexibility index (Phi) is 2.44. The topological polar surface area (TPSA) is 57.5 Å². The molecule has 1 fully saturated rings. The van der Waals surface area contributed by atoms with Crippen molar-refractivity contribution in [3.05, 3.63) is 34.9 Å². The van der Waals surface area contributed by atoms with Gasteiger partial charge in [0, 0.05) is 5.02 Å². The molecule has 2 rings (SSSR count). The first-order valence-corrected chi connectivity index (χ1v) is 5.11. The van der Waals surface area contributed by atoms with E-state index in [4.69, 9.17) is 16.7 Å². The number of hydrogen-bond donors (Lipinski definition) is 2. The molecular weight excluding hydrogens is 216 g/mol. The molecule has 3 nitrogen and oxygen atoms in total. The predicted octanol–water partition coefficient (Wildman–Crippen LogP) is 2.24. The highest BCUT2D eigenvalue weighted by molar-refractivity contribution is 6.30. The summed E-state index contributed by atoms with van der Waals surface area (Å²) in [6.07, 6.45) is 0.130. The first kappa shape index (κ1) is 10.5. The molecule has 1 aliphatic carbocycles. The van der Waals surface area contributed by atoms with Crippen molar-refractivity contribution in [2.45, 2.75) is 18.9 Å². The summed E-state index contributed by atoms with van der Waals surface area (Å²) < 4.78 is 0. The van der Waals surface area contributed by atoms with Crippen LogP contribution < -0.4 is 0 Å². The summed E-state index contributed by atoms with van der Waals surface area (Å²) >= 11 is 5.71. The van der Waals surface area contributed by atoms with Crippen LogP contribution in [0.5, 0.6) is 0 Å². The maximum absolute atomic E-state index is 11.0. The van der Waals surface area contributed by atoms with Crippen molar-refractivity contribution in [3.8, 4) is 0 Å². The van der Waals surface area contributed by atoms with Crippen molar-refractivity contribution >= 4 is 17.6 Å². The van der Waals surface area contributed by atoms with Gasteiger partial charge in [-0.3, -0.25) is 4.79 Å². The number of halogens is 1. The van der Waals surface area contributed by atoms with Gasteiger partial charge in [0.25, 0.3) is 0 Å². The van der Waals surface area contributed by atoms with E-state index < -0.39 is 17.5 Å². The largest absolute Gasteiger partial charge is 0.481 e. The van der Waals surface area contributed by atoms with Gasteiger partial charge in [0.1, 0.15) is 0 Å². The molecule has 4 heteroatoms. The van der Waals surface area contributed by atoms with Crippen molar-refractivity contribution in [2.24, 2.45) is 5.41 Å². The molecule has 2 N–H and O–H groups in total. The first-order valence-electron chi connectivity index (χ1n) is 4.73. The summed E-state index contributed by atoms with van der Waals surface area (Å²) in [5.74, 6) is -0.926. The van der Waals surface area contributed by atoms with Crippen LogP contribution >= 0.6 is 11.6 Å². The molecule has 0 bridgehead atoms. The maximum atomic E-state index is 11.0. The van der Waals surface area contributed by atoms with Crippen molar-refractivity contribution in [1.82, 2.24) is 0 Å². The summed E-state index contributed by atoms with van der Waals surface area (Å²) in [5.41, 5.74) is -0.354. The number of aliphatic carboxylic acids is 1. The van der Waals surface area contributed by atoms with E-state index in [-0.39, 0.29) is 0 Å². The zero-order chi connectivity index (χ0) is 11.1. The standard InChI is InChI=1S/C11H11ClO3/c12-8-3-1-7(2-4-8)9(13)11(5-6-11)10(14)15/h1-4,9,13H,5-6H2,(H,14,15). The molecule has 1 atom stereocenters. The molecule has 1 unspecified atom stereocenters. The van der Waals surface area contributed by atoms with Crippen molar-refractivity contribution in [2.75, 3.05) is 0 Å². The average Bonchev–Trinajstić information content (AvgIpc) is 2.98. The molecule has 0 heterocycles. The fourth-order valence-electron chi connectivity index (χ4n) is 1.70. The molecule has 0 spiro atoms. The molecule has 15 heavy (non-hydrogen) atoms. The van der Waals surface area contributed by atoms with E-state index in [9.17, 15) is 9.90 Å². The fourth-order valence-corrected chi connectivity index (χ4v) is 1.83. The van der Waals surface area contributed by atoms with Gasteiger partial charge >= 0.3 is 5.97 Å². The Bertz CT molecular complexity index is 381. The van der Waals surface area contributed by atoms with E-state index in [0.29, 0.717) is 23.4 Å². The Morgan fingerprint density at radius 1 is 1.33 bits per heavy atom. The maximum Gasteiger partial charge on any atom is 0.312 e. The van der Waals surface area contributed by atoms with E-state index in [1.165, 1.54) is 0 Å². The molecule has 0 aromatic heterocycles. The fraction of sp³-hybridized carbons (Fsp3) is 0.364. The van der Waals surface area contributed by atoms with E-state index in [1.807, 2.05) is 0 Å². The average molecular weight is 227 g/mol. The molecule has 0 saturated heterocycles. The van der Waals surface area contributed by atoms with Crippen molar-refractivity contribution in [3.63, 3.8) is 0 Å². The number of benzene rings is 1. The lowest BCUT2D eigenvalue weighted by Crippen LogP contribution is -2.23. The highest BCUT2D eigenvalue weighted by atomic mass is 35.5. The minimum atomic E-state index is -0.964. The second kappa shape index (κ2) is 3.51. The zero-order valence-electron chi connectivity index (χ0n) is 7.98. The number of carboxylic acids is 1. The van der Waals surface area contributed by atoms with Crippen LogP contribution in [-0.2, 0) is 4.79 Å². The van der Waals surface area contributed by atoms with Gasteiger partial charge in [-0.25, -0.2) is 0 Å². The van der Waals surface area contributed by atoms with Crippen molar-refractivity contribution in [1.29, 1.82) is 0 Å². The summed E-state index contributed by atoms with van der Waals surface area (Å²) in [5, 5.41) is 19.5. The zero-order valence-corrected chi connectivity index (χ0v) is 8.74. The quantitative estimate of drug-likeness (QED) is 0.831. The van der Waals surface area contributed by atoms with Gasteiger partial charge in [-0.2, -0.15) is 0 Å². The van der Waals surface area contributed by atoms with Crippen LogP contribution in [0.4, 0.5) is 0 Å². The summed E-state index contributed by atoms with van der Waals surface area (Å²) in [6.45, 7) is 0. The number of aliphatic hydroxyl groups is 1. The van der Waals surface area contributed by atoms with Gasteiger partial charge in [-0.05, 0) is 30.5 Å². The second-order valence-corrected chi connectivity index (χ2v) is 4.35. The number of hydrogen-bond acceptors (Lipinski definition) is 2. The molecule has 1 saturated carbocycles. The third-order valence-corrected chi connectivity index (χ3v) is 3.18. The molecule has 1 aromatic carbocycles. The summed E-state index contributed by atoms with van der Waals surface area (Å²) in [6, 6.07) is 6.63. The van der Waals surface area contributed by atoms with Crippen molar-refractivity contribution < 1.29 is 15.0 Å². The van der Waals surface area contributed by atoms with Crippen LogP contribution in [0.1, 0.15) is 24.5 Å². The van der Waals surface area contributed by atoms with Crippen LogP contribution in [0, 0.1) is 5.41 Å². The Balaban J connectivity index is 2.25. The molecule has 0 aliphatic heterocycles. The molecule has 0 amide bonds. The Labute approximate surface area is 92.3 Å². The lowest BCUT2D eigenvalue weighted by molar-refractivity contribution is -0.148. The number of carbonyl (C=O) groups is 1. The number of rotatable bonds is 3. The van der Waals surface area contributed by atoms with Gasteiger partial charge in [0.15, 0.2) is 0 Å². The van der Waals surface area contributed by atoms with E-state index >= 15 is 0 Å². The smallest absolute Gasteiger partial charge is 0.312 e. The molecule has 1 aliphatic rings. The predicted molar refractivity (Wildman–Crippen MR) is 55.7 cm³/mol. The SMILES string of the molecule is O=C(O)C1(C(O)c2ccc(Cl)cc2)CC1. The van der Waals surface area contributed by atoms with Gasteiger partial charge < -0.3 is 10.2 Å². The minimum absolute atomic E-state index is 0.534. The Morgan fingerprint density at radius 3 is 2.27 bits per heavy atom. The van der Waals surface area contributed by atoms with Crippen LogP contribution in [0.15, 0.2) is 24.3 Å². The van der Waals surface area contributed by atoms with Crippen LogP contribution in [-0.4, -0.2) is 16.2 Å². The summed E-state index contributed by atoms with van der Waals surface area (Å²) in [7, 11) is 0. The third-order valence-electron chi connectivity index (χ3n) is 2.92. The molecule has 1 aromatic rings. The van der Waals surface area contributed by atoms with Gasteiger partial charge in [0.05, 0.1) is 11.5 Å².